The van der Waals surface area contributed by atoms with Crippen LogP contribution in [0.4, 0.5) is 4.39 Å². The van der Waals surface area contributed by atoms with Gasteiger partial charge in [-0.3, -0.25) is 0 Å². The van der Waals surface area contributed by atoms with Crippen molar-refractivity contribution in [2.24, 2.45) is 5.73 Å². The highest BCUT2D eigenvalue weighted by molar-refractivity contribution is 7.89. The van der Waals surface area contributed by atoms with Crippen molar-refractivity contribution in [3.05, 3.63) is 29.6 Å². The summed E-state index contributed by atoms with van der Waals surface area (Å²) in [5.74, 6) is -0.577. The molecule has 0 amide bonds. The van der Waals surface area contributed by atoms with Gasteiger partial charge in [0.2, 0.25) is 10.0 Å². The third-order valence-electron chi connectivity index (χ3n) is 2.15. The molecule has 0 fully saturated rings. The first-order valence-corrected chi connectivity index (χ1v) is 6.33. The maximum absolute atomic E-state index is 13.0. The van der Waals surface area contributed by atoms with Crippen LogP contribution in [0.15, 0.2) is 23.1 Å². The first-order chi connectivity index (χ1) is 7.36. The van der Waals surface area contributed by atoms with Crippen LogP contribution in [0.5, 0.6) is 0 Å². The molecule has 0 unspecified atom stereocenters. The zero-order valence-electron chi connectivity index (χ0n) is 9.20. The van der Waals surface area contributed by atoms with Gasteiger partial charge < -0.3 is 5.73 Å². The third kappa shape index (κ3) is 3.01. The zero-order chi connectivity index (χ0) is 12.3. The van der Waals surface area contributed by atoms with Gasteiger partial charge in [-0.05, 0) is 31.5 Å². The lowest BCUT2D eigenvalue weighted by molar-refractivity contribution is 0.559. The Morgan fingerprint density at radius 1 is 1.50 bits per heavy atom. The van der Waals surface area contributed by atoms with E-state index < -0.39 is 15.8 Å². The van der Waals surface area contributed by atoms with Crippen molar-refractivity contribution in [2.45, 2.75) is 24.8 Å². The largest absolute Gasteiger partial charge is 0.329 e. The summed E-state index contributed by atoms with van der Waals surface area (Å²) in [7, 11) is -3.69. The van der Waals surface area contributed by atoms with Crippen LogP contribution in [-0.2, 0) is 10.0 Å². The van der Waals surface area contributed by atoms with E-state index >= 15 is 0 Å². The number of hydrogen-bond donors (Lipinski definition) is 2. The molecule has 0 aliphatic carbocycles. The fourth-order valence-corrected chi connectivity index (χ4v) is 2.75. The summed E-state index contributed by atoms with van der Waals surface area (Å²) in [5, 5.41) is 0. The molecule has 0 aliphatic heterocycles. The second-order valence-electron chi connectivity index (χ2n) is 3.67. The Kier molecular flexibility index (Phi) is 4.01. The predicted molar refractivity (Wildman–Crippen MR) is 60.0 cm³/mol. The fraction of sp³-hybridized carbons (Fsp3) is 0.400. The molecule has 0 spiro atoms. The topological polar surface area (TPSA) is 72.2 Å². The Morgan fingerprint density at radius 3 is 2.69 bits per heavy atom. The Balaban J connectivity index is 3.12. The molecule has 0 aliphatic rings. The molecule has 16 heavy (non-hydrogen) atoms. The van der Waals surface area contributed by atoms with Crippen LogP contribution < -0.4 is 10.5 Å². The maximum Gasteiger partial charge on any atom is 0.241 e. The van der Waals surface area contributed by atoms with Crippen molar-refractivity contribution in [3.63, 3.8) is 0 Å². The van der Waals surface area contributed by atoms with Crippen molar-refractivity contribution < 1.29 is 12.8 Å². The molecule has 0 saturated carbocycles. The van der Waals surface area contributed by atoms with E-state index in [9.17, 15) is 12.8 Å². The van der Waals surface area contributed by atoms with Crippen molar-refractivity contribution >= 4 is 10.0 Å². The summed E-state index contributed by atoms with van der Waals surface area (Å²) in [5.41, 5.74) is 5.82. The molecule has 90 valence electrons. The molecule has 0 aromatic heterocycles. The number of halogens is 1. The Morgan fingerprint density at radius 2 is 2.12 bits per heavy atom. The van der Waals surface area contributed by atoms with Crippen LogP contribution in [0.25, 0.3) is 0 Å². The Bertz CT molecular complexity index is 474. The standard InChI is InChI=1S/C10H15FN2O2S/c1-7-3-4-9(11)5-10(7)16(14,15)13-8(2)6-12/h3-5,8,13H,6,12H2,1-2H3/t8-/m1/s1. The van der Waals surface area contributed by atoms with Crippen molar-refractivity contribution in [2.75, 3.05) is 6.54 Å². The molecule has 1 rings (SSSR count). The molecule has 0 heterocycles. The van der Waals surface area contributed by atoms with Gasteiger partial charge in [0.25, 0.3) is 0 Å². The first kappa shape index (κ1) is 13.1. The van der Waals surface area contributed by atoms with Gasteiger partial charge in [0.1, 0.15) is 5.82 Å². The van der Waals surface area contributed by atoms with Crippen molar-refractivity contribution in [3.8, 4) is 0 Å². The molecule has 1 aromatic carbocycles. The summed E-state index contributed by atoms with van der Waals surface area (Å²) in [6, 6.07) is 3.27. The van der Waals surface area contributed by atoms with Crippen molar-refractivity contribution in [1.29, 1.82) is 0 Å². The number of benzene rings is 1. The molecule has 1 atom stereocenters. The van der Waals surface area contributed by atoms with E-state index in [0.717, 1.165) is 6.07 Å². The highest BCUT2D eigenvalue weighted by Crippen LogP contribution is 2.16. The minimum absolute atomic E-state index is 0.0483. The van der Waals surface area contributed by atoms with E-state index in [1.54, 1.807) is 13.8 Å². The zero-order valence-corrected chi connectivity index (χ0v) is 10.0. The van der Waals surface area contributed by atoms with Crippen molar-refractivity contribution in [1.82, 2.24) is 4.72 Å². The fourth-order valence-electron chi connectivity index (χ4n) is 1.24. The predicted octanol–water partition coefficient (Wildman–Crippen LogP) is 0.760. The lowest BCUT2D eigenvalue weighted by Crippen LogP contribution is -2.38. The molecule has 6 heteroatoms. The molecule has 0 bridgehead atoms. The van der Waals surface area contributed by atoms with E-state index in [0.29, 0.717) is 5.56 Å². The van der Waals surface area contributed by atoms with Gasteiger partial charge in [-0.25, -0.2) is 17.5 Å². The van der Waals surface area contributed by atoms with E-state index in [4.69, 9.17) is 5.73 Å². The summed E-state index contributed by atoms with van der Waals surface area (Å²) >= 11 is 0. The normalized spacial score (nSPS) is 13.8. The van der Waals surface area contributed by atoms with Crippen LogP contribution in [0.1, 0.15) is 12.5 Å². The van der Waals surface area contributed by atoms with Crippen LogP contribution in [0, 0.1) is 12.7 Å². The molecule has 4 nitrogen and oxygen atoms in total. The summed E-state index contributed by atoms with van der Waals surface area (Å²) < 4.78 is 39.0. The number of sulfonamides is 1. The van der Waals surface area contributed by atoms with Gasteiger partial charge in [0.05, 0.1) is 4.90 Å². The second kappa shape index (κ2) is 4.90. The monoisotopic (exact) mass is 246 g/mol. The van der Waals surface area contributed by atoms with E-state index in [2.05, 4.69) is 4.72 Å². The third-order valence-corrected chi connectivity index (χ3v) is 3.88. The number of nitrogens with one attached hydrogen (secondary N) is 1. The second-order valence-corrected chi connectivity index (χ2v) is 5.35. The molecule has 0 saturated heterocycles. The summed E-state index contributed by atoms with van der Waals surface area (Å²) in [6.45, 7) is 3.45. The number of nitrogens with two attached hydrogens (primary N) is 1. The van der Waals surface area contributed by atoms with Crippen LogP contribution >= 0.6 is 0 Å². The average Bonchev–Trinajstić information content (AvgIpc) is 2.20. The van der Waals surface area contributed by atoms with E-state index in [1.807, 2.05) is 0 Å². The minimum atomic E-state index is -3.69. The van der Waals surface area contributed by atoms with Gasteiger partial charge in [-0.2, -0.15) is 0 Å². The Hall–Kier alpha value is -0.980. The molecule has 3 N–H and O–H groups in total. The van der Waals surface area contributed by atoms with Gasteiger partial charge in [-0.15, -0.1) is 0 Å². The van der Waals surface area contributed by atoms with Gasteiger partial charge in [-0.1, -0.05) is 6.07 Å². The molecular formula is C10H15FN2O2S. The SMILES string of the molecule is Cc1ccc(F)cc1S(=O)(=O)N[C@H](C)CN. The first-order valence-electron chi connectivity index (χ1n) is 4.85. The van der Waals surface area contributed by atoms with Gasteiger partial charge in [0, 0.05) is 12.6 Å². The van der Waals surface area contributed by atoms with Crippen LogP contribution in [-0.4, -0.2) is 21.0 Å². The van der Waals surface area contributed by atoms with E-state index in [1.165, 1.54) is 12.1 Å². The highest BCUT2D eigenvalue weighted by Gasteiger charge is 2.19. The number of aryl methyl sites for hydroxylation is 1. The average molecular weight is 246 g/mol. The van der Waals surface area contributed by atoms with Gasteiger partial charge >= 0.3 is 0 Å². The molecular weight excluding hydrogens is 231 g/mol. The maximum atomic E-state index is 13.0. The smallest absolute Gasteiger partial charge is 0.241 e. The lowest BCUT2D eigenvalue weighted by atomic mass is 10.2. The van der Waals surface area contributed by atoms with E-state index in [-0.39, 0.29) is 17.5 Å². The van der Waals surface area contributed by atoms with Crippen LogP contribution in [0.3, 0.4) is 0 Å². The summed E-state index contributed by atoms with van der Waals surface area (Å²) in [4.78, 5) is -0.0483. The highest BCUT2D eigenvalue weighted by atomic mass is 32.2. The quantitative estimate of drug-likeness (QED) is 0.823. The minimum Gasteiger partial charge on any atom is -0.329 e. The van der Waals surface area contributed by atoms with Gasteiger partial charge in [0.15, 0.2) is 0 Å². The molecule has 0 radical (unpaired) electrons. The number of hydrogen-bond acceptors (Lipinski definition) is 3. The number of rotatable bonds is 4. The lowest BCUT2D eigenvalue weighted by Gasteiger charge is -2.13. The Labute approximate surface area is 94.7 Å². The molecule has 1 aromatic rings. The summed E-state index contributed by atoms with van der Waals surface area (Å²) in [6.07, 6.45) is 0. The van der Waals surface area contributed by atoms with Crippen LogP contribution in [0.2, 0.25) is 0 Å².